The van der Waals surface area contributed by atoms with Crippen molar-refractivity contribution in [3.8, 4) is 0 Å². The van der Waals surface area contributed by atoms with Gasteiger partial charge in [-0.2, -0.15) is 0 Å². The highest BCUT2D eigenvalue weighted by atomic mass is 31.2. The molecule has 0 unspecified atom stereocenters. The van der Waals surface area contributed by atoms with Crippen LogP contribution in [0.25, 0.3) is 0 Å². The van der Waals surface area contributed by atoms with Crippen molar-refractivity contribution < 1.29 is 37.1 Å². The van der Waals surface area contributed by atoms with Crippen LogP contribution in [0.4, 0.5) is 0 Å². The van der Waals surface area contributed by atoms with Gasteiger partial charge in [-0.05, 0) is 35.7 Å². The lowest BCUT2D eigenvalue weighted by molar-refractivity contribution is -0.152. The Bertz CT molecular complexity index is 1020. The maximum Gasteiger partial charge on any atom is 0.333 e. The zero-order valence-electron chi connectivity index (χ0n) is 23.5. The van der Waals surface area contributed by atoms with E-state index in [1.54, 1.807) is 0 Å². The number of carbonyl (C=O) groups is 2. The molecule has 0 bridgehead atoms. The van der Waals surface area contributed by atoms with Gasteiger partial charge in [0.05, 0.1) is 39.5 Å². The molecule has 0 heterocycles. The molecule has 0 N–H and O–H groups in total. The van der Waals surface area contributed by atoms with Gasteiger partial charge in [-0.25, -0.2) is 4.79 Å². The summed E-state index contributed by atoms with van der Waals surface area (Å²) in [6.07, 6.45) is -1.41. The van der Waals surface area contributed by atoms with Crippen LogP contribution in [-0.2, 0) is 50.3 Å². The van der Waals surface area contributed by atoms with E-state index >= 15 is 0 Å². The minimum absolute atomic E-state index is 0.0295. The predicted octanol–water partition coefficient (Wildman–Crippen LogP) is 6.36. The van der Waals surface area contributed by atoms with Crippen molar-refractivity contribution in [2.45, 2.75) is 64.6 Å². The SMILES string of the molecule is COC(=O)[C@@H](C[C@H](O[Si](C)(C)C(C)(C)C)C(=O)OC)CP(=O)(OCc1ccccc1)OCc1ccccc1. The lowest BCUT2D eigenvalue weighted by Gasteiger charge is -2.39. The maximum atomic E-state index is 14.1. The van der Waals surface area contributed by atoms with Gasteiger partial charge in [0.15, 0.2) is 8.32 Å². The minimum atomic E-state index is -3.85. The van der Waals surface area contributed by atoms with E-state index in [4.69, 9.17) is 22.9 Å². The van der Waals surface area contributed by atoms with Gasteiger partial charge < -0.3 is 22.9 Å². The third-order valence-electron chi connectivity index (χ3n) is 6.73. The summed E-state index contributed by atoms with van der Waals surface area (Å²) in [5.41, 5.74) is 1.61. The summed E-state index contributed by atoms with van der Waals surface area (Å²) >= 11 is 0. The van der Waals surface area contributed by atoms with Crippen LogP contribution in [0.15, 0.2) is 60.7 Å². The molecule has 210 valence electrons. The van der Waals surface area contributed by atoms with E-state index in [-0.39, 0.29) is 30.8 Å². The lowest BCUT2D eigenvalue weighted by atomic mass is 10.0. The van der Waals surface area contributed by atoms with Crippen LogP contribution in [0.3, 0.4) is 0 Å². The summed E-state index contributed by atoms with van der Waals surface area (Å²) in [5.74, 6) is -2.23. The monoisotopic (exact) mass is 564 g/mol. The highest BCUT2D eigenvalue weighted by Crippen LogP contribution is 2.52. The third-order valence-corrected chi connectivity index (χ3v) is 13.1. The van der Waals surface area contributed by atoms with Crippen LogP contribution < -0.4 is 0 Å². The summed E-state index contributed by atoms with van der Waals surface area (Å²) < 4.78 is 42.1. The van der Waals surface area contributed by atoms with Gasteiger partial charge in [0.1, 0.15) is 6.10 Å². The second-order valence-electron chi connectivity index (χ2n) is 10.7. The first-order valence-electron chi connectivity index (χ1n) is 12.6. The molecule has 0 fully saturated rings. The molecule has 0 aliphatic carbocycles. The van der Waals surface area contributed by atoms with Gasteiger partial charge in [-0.15, -0.1) is 0 Å². The number of methoxy groups -OCH3 is 2. The number of carbonyl (C=O) groups excluding carboxylic acids is 2. The van der Waals surface area contributed by atoms with Crippen molar-refractivity contribution >= 4 is 27.9 Å². The van der Waals surface area contributed by atoms with E-state index in [2.05, 4.69) is 0 Å². The molecule has 0 radical (unpaired) electrons. The second kappa shape index (κ2) is 14.2. The van der Waals surface area contributed by atoms with Gasteiger partial charge in [0.2, 0.25) is 0 Å². The molecule has 8 nitrogen and oxygen atoms in total. The minimum Gasteiger partial charge on any atom is -0.469 e. The van der Waals surface area contributed by atoms with E-state index in [0.717, 1.165) is 11.1 Å². The predicted molar refractivity (Wildman–Crippen MR) is 149 cm³/mol. The van der Waals surface area contributed by atoms with Crippen LogP contribution in [0.1, 0.15) is 38.3 Å². The van der Waals surface area contributed by atoms with Crippen LogP contribution >= 0.6 is 7.60 Å². The van der Waals surface area contributed by atoms with E-state index in [9.17, 15) is 14.2 Å². The number of benzene rings is 2. The molecule has 2 atom stereocenters. The first-order valence-corrected chi connectivity index (χ1v) is 17.2. The fourth-order valence-electron chi connectivity index (χ4n) is 3.43. The average Bonchev–Trinajstić information content (AvgIpc) is 2.89. The first-order chi connectivity index (χ1) is 17.8. The molecule has 0 aliphatic rings. The topological polar surface area (TPSA) is 97.4 Å². The largest absolute Gasteiger partial charge is 0.469 e. The smallest absolute Gasteiger partial charge is 0.333 e. The lowest BCUT2D eigenvalue weighted by Crippen LogP contribution is -2.47. The van der Waals surface area contributed by atoms with Crippen molar-refractivity contribution in [1.82, 2.24) is 0 Å². The average molecular weight is 565 g/mol. The summed E-state index contributed by atoms with van der Waals surface area (Å²) in [4.78, 5) is 25.6. The summed E-state index contributed by atoms with van der Waals surface area (Å²) in [6, 6.07) is 18.5. The molecule has 0 amide bonds. The third kappa shape index (κ3) is 9.78. The number of rotatable bonds is 14. The number of hydrogen-bond donors (Lipinski definition) is 0. The van der Waals surface area contributed by atoms with Crippen molar-refractivity contribution in [1.29, 1.82) is 0 Å². The van der Waals surface area contributed by atoms with E-state index in [1.807, 2.05) is 94.5 Å². The Morgan fingerprint density at radius 3 is 1.66 bits per heavy atom. The number of esters is 2. The Hall–Kier alpha value is -2.29. The zero-order valence-corrected chi connectivity index (χ0v) is 25.4. The zero-order chi connectivity index (χ0) is 28.4. The van der Waals surface area contributed by atoms with Gasteiger partial charge in [-0.3, -0.25) is 9.36 Å². The van der Waals surface area contributed by atoms with Crippen molar-refractivity contribution in [2.75, 3.05) is 20.4 Å². The van der Waals surface area contributed by atoms with Crippen LogP contribution in [0.2, 0.25) is 18.1 Å². The molecule has 0 saturated carbocycles. The molecular weight excluding hydrogens is 523 g/mol. The van der Waals surface area contributed by atoms with Gasteiger partial charge in [-0.1, -0.05) is 81.4 Å². The molecule has 10 heteroatoms. The Morgan fingerprint density at radius 1 is 0.816 bits per heavy atom. The fraction of sp³-hybridized carbons (Fsp3) is 0.500. The molecule has 0 aromatic heterocycles. The molecule has 2 aromatic rings. The highest BCUT2D eigenvalue weighted by Gasteiger charge is 2.43. The van der Waals surface area contributed by atoms with Crippen molar-refractivity contribution in [3.63, 3.8) is 0 Å². The van der Waals surface area contributed by atoms with Crippen LogP contribution in [0, 0.1) is 5.92 Å². The fourth-order valence-corrected chi connectivity index (χ4v) is 6.51. The molecule has 2 aromatic carbocycles. The van der Waals surface area contributed by atoms with Gasteiger partial charge in [0, 0.05) is 0 Å². The summed E-state index contributed by atoms with van der Waals surface area (Å²) in [6.45, 7) is 10.2. The standard InChI is InChI=1S/C28H41O8PSi/c1-28(2,3)38(6,7)36-25(27(30)33-5)18-24(26(29)32-4)21-37(31,34-19-22-14-10-8-11-15-22)35-20-23-16-12-9-13-17-23/h8-17,24-25H,18-21H2,1-7H3/t24-,25-/m0/s1. The highest BCUT2D eigenvalue weighted by molar-refractivity contribution is 7.53. The quantitative estimate of drug-likeness (QED) is 0.149. The Balaban J connectivity index is 2.33. The first kappa shape index (κ1) is 31.9. The Labute approximate surface area is 227 Å². The molecule has 0 saturated heterocycles. The van der Waals surface area contributed by atoms with E-state index < -0.39 is 39.9 Å². The molecule has 0 aliphatic heterocycles. The molecule has 2 rings (SSSR count). The van der Waals surface area contributed by atoms with Crippen molar-refractivity contribution in [3.05, 3.63) is 71.8 Å². The molecule has 0 spiro atoms. The molecule has 38 heavy (non-hydrogen) atoms. The normalized spacial score (nSPS) is 14.0. The summed E-state index contributed by atoms with van der Waals surface area (Å²) in [5, 5.41) is -0.188. The summed E-state index contributed by atoms with van der Waals surface area (Å²) in [7, 11) is -3.75. The van der Waals surface area contributed by atoms with Crippen molar-refractivity contribution in [2.24, 2.45) is 5.92 Å². The van der Waals surface area contributed by atoms with Gasteiger partial charge >= 0.3 is 19.5 Å². The Kier molecular flexibility index (Phi) is 11.9. The Morgan fingerprint density at radius 2 is 1.26 bits per heavy atom. The van der Waals surface area contributed by atoms with Gasteiger partial charge in [0.25, 0.3) is 0 Å². The van der Waals surface area contributed by atoms with E-state index in [1.165, 1.54) is 14.2 Å². The number of ether oxygens (including phenoxy) is 2. The maximum absolute atomic E-state index is 14.1. The second-order valence-corrected chi connectivity index (χ2v) is 17.5. The number of hydrogen-bond acceptors (Lipinski definition) is 8. The van der Waals surface area contributed by atoms with E-state index in [0.29, 0.717) is 0 Å². The van der Waals surface area contributed by atoms with Crippen LogP contribution in [-0.4, -0.2) is 46.7 Å². The van der Waals surface area contributed by atoms with Crippen LogP contribution in [0.5, 0.6) is 0 Å². The molecular formula is C28H41O8PSi.